The summed E-state index contributed by atoms with van der Waals surface area (Å²) in [5.74, 6) is -0.102. The summed E-state index contributed by atoms with van der Waals surface area (Å²) in [4.78, 5) is 29.4. The number of aryl methyl sites for hydroxylation is 2. The van der Waals surface area contributed by atoms with E-state index >= 15 is 0 Å². The Labute approximate surface area is 194 Å². The maximum absolute atomic E-state index is 14.0. The van der Waals surface area contributed by atoms with Crippen molar-refractivity contribution in [2.45, 2.75) is 58.0 Å². The maximum atomic E-state index is 14.0. The topological polar surface area (TPSA) is 82.8 Å². The van der Waals surface area contributed by atoms with Gasteiger partial charge in [-0.15, -0.1) is 0 Å². The lowest BCUT2D eigenvalue weighted by Crippen LogP contribution is -2.59. The van der Waals surface area contributed by atoms with E-state index < -0.39 is 5.54 Å². The molecule has 0 spiro atoms. The number of para-hydroxylation sites is 2. The van der Waals surface area contributed by atoms with Gasteiger partial charge in [0, 0.05) is 5.69 Å². The molecule has 0 radical (unpaired) electrons. The van der Waals surface area contributed by atoms with Gasteiger partial charge in [0.05, 0.1) is 18.4 Å². The van der Waals surface area contributed by atoms with Crippen LogP contribution in [0.25, 0.3) is 0 Å². The predicted octanol–water partition coefficient (Wildman–Crippen LogP) is 5.59. The second kappa shape index (κ2) is 9.53. The van der Waals surface area contributed by atoms with Crippen LogP contribution in [0.4, 0.5) is 5.69 Å². The van der Waals surface area contributed by atoms with Gasteiger partial charge in [0.1, 0.15) is 17.0 Å². The standard InChI is InChI=1S/C27H30N2O4/c1-19-10-8-11-20(2)24(19)28-26(32)27(15-6-3-7-16-27)29(18-21-12-9-17-33-21)25(31)22-13-4-5-14-23(22)30/h4-5,8-14,17,30H,3,6-7,15-16,18H2,1-2H3,(H,28,32). The Morgan fingerprint density at radius 3 is 2.30 bits per heavy atom. The number of furan rings is 1. The quantitative estimate of drug-likeness (QED) is 0.517. The fraction of sp³-hybridized carbons (Fsp3) is 0.333. The second-order valence-electron chi connectivity index (χ2n) is 8.80. The first kappa shape index (κ1) is 22.6. The van der Waals surface area contributed by atoms with Gasteiger partial charge in [0.2, 0.25) is 5.91 Å². The highest BCUT2D eigenvalue weighted by Gasteiger charge is 2.48. The van der Waals surface area contributed by atoms with Crippen LogP contribution < -0.4 is 5.32 Å². The third-order valence-electron chi connectivity index (χ3n) is 6.61. The number of rotatable bonds is 6. The fourth-order valence-electron chi connectivity index (χ4n) is 4.77. The van der Waals surface area contributed by atoms with Crippen LogP contribution in [0.2, 0.25) is 0 Å². The largest absolute Gasteiger partial charge is 0.507 e. The van der Waals surface area contributed by atoms with E-state index in [0.29, 0.717) is 18.6 Å². The summed E-state index contributed by atoms with van der Waals surface area (Å²) in [5, 5.41) is 13.6. The van der Waals surface area contributed by atoms with Gasteiger partial charge in [-0.3, -0.25) is 9.59 Å². The lowest BCUT2D eigenvalue weighted by Gasteiger charge is -2.45. The average Bonchev–Trinajstić information content (AvgIpc) is 3.33. The Morgan fingerprint density at radius 1 is 0.970 bits per heavy atom. The highest BCUT2D eigenvalue weighted by atomic mass is 16.3. The molecule has 0 atom stereocenters. The number of aromatic hydroxyl groups is 1. The van der Waals surface area contributed by atoms with Crippen LogP contribution >= 0.6 is 0 Å². The SMILES string of the molecule is Cc1cccc(C)c1NC(=O)C1(N(Cc2ccco2)C(=O)c2ccccc2O)CCCCC1. The molecule has 1 aliphatic rings. The van der Waals surface area contributed by atoms with E-state index in [4.69, 9.17) is 4.42 Å². The fourth-order valence-corrected chi connectivity index (χ4v) is 4.77. The lowest BCUT2D eigenvalue weighted by molar-refractivity contribution is -0.129. The van der Waals surface area contributed by atoms with Crippen LogP contribution in [0.15, 0.2) is 65.3 Å². The van der Waals surface area contributed by atoms with Gasteiger partial charge >= 0.3 is 0 Å². The molecule has 3 aromatic rings. The summed E-state index contributed by atoms with van der Waals surface area (Å²) >= 11 is 0. The molecular formula is C27H30N2O4. The van der Waals surface area contributed by atoms with Crippen molar-refractivity contribution in [1.29, 1.82) is 0 Å². The number of phenols is 1. The molecule has 0 bridgehead atoms. The predicted molar refractivity (Wildman–Crippen MR) is 127 cm³/mol. The van der Waals surface area contributed by atoms with Gasteiger partial charge in [-0.1, -0.05) is 49.6 Å². The second-order valence-corrected chi connectivity index (χ2v) is 8.80. The first-order valence-electron chi connectivity index (χ1n) is 11.4. The van der Waals surface area contributed by atoms with Crippen molar-refractivity contribution in [2.75, 3.05) is 5.32 Å². The zero-order valence-corrected chi connectivity index (χ0v) is 19.1. The minimum absolute atomic E-state index is 0.104. The Balaban J connectivity index is 1.78. The van der Waals surface area contributed by atoms with Gasteiger partial charge in [0.25, 0.3) is 5.91 Å². The third-order valence-corrected chi connectivity index (χ3v) is 6.61. The first-order chi connectivity index (χ1) is 15.9. The number of carbonyl (C=O) groups is 2. The summed E-state index contributed by atoms with van der Waals surface area (Å²) in [7, 11) is 0. The van der Waals surface area contributed by atoms with Crippen molar-refractivity contribution in [3.63, 3.8) is 0 Å². The Kier molecular flexibility index (Phi) is 6.54. The first-order valence-corrected chi connectivity index (χ1v) is 11.4. The molecule has 6 heteroatoms. The molecule has 4 rings (SSSR count). The van der Waals surface area contributed by atoms with Crippen molar-refractivity contribution in [3.8, 4) is 5.75 Å². The molecule has 6 nitrogen and oxygen atoms in total. The number of nitrogens with one attached hydrogen (secondary N) is 1. The highest BCUT2D eigenvalue weighted by molar-refractivity contribution is 6.05. The summed E-state index contributed by atoms with van der Waals surface area (Å²) in [5.41, 5.74) is 1.84. The van der Waals surface area contributed by atoms with Gasteiger partial charge in [0.15, 0.2) is 0 Å². The molecule has 2 aromatic carbocycles. The van der Waals surface area contributed by atoms with Crippen LogP contribution in [0.5, 0.6) is 5.75 Å². The third kappa shape index (κ3) is 4.51. The molecule has 1 aliphatic carbocycles. The molecule has 1 heterocycles. The Morgan fingerprint density at radius 2 is 1.67 bits per heavy atom. The minimum atomic E-state index is -1.06. The molecule has 0 unspecified atom stereocenters. The summed E-state index contributed by atoms with van der Waals surface area (Å²) in [6.45, 7) is 4.06. The van der Waals surface area contributed by atoms with Gasteiger partial charge in [-0.05, 0) is 62.1 Å². The summed E-state index contributed by atoms with van der Waals surface area (Å²) < 4.78 is 5.56. The smallest absolute Gasteiger partial charge is 0.258 e. The van der Waals surface area contributed by atoms with Crippen molar-refractivity contribution in [1.82, 2.24) is 4.90 Å². The number of hydrogen-bond donors (Lipinski definition) is 2. The van der Waals surface area contributed by atoms with Gasteiger partial charge < -0.3 is 19.7 Å². The maximum Gasteiger partial charge on any atom is 0.258 e. The minimum Gasteiger partial charge on any atom is -0.507 e. The molecular weight excluding hydrogens is 416 g/mol. The molecule has 1 saturated carbocycles. The summed E-state index contributed by atoms with van der Waals surface area (Å²) in [6.07, 6.45) is 5.33. The number of nitrogens with zero attached hydrogens (tertiary/aromatic N) is 1. The lowest BCUT2D eigenvalue weighted by atomic mass is 9.78. The number of carbonyl (C=O) groups excluding carboxylic acids is 2. The molecule has 0 saturated heterocycles. The number of anilines is 1. The van der Waals surface area contributed by atoms with Crippen molar-refractivity contribution < 1.29 is 19.1 Å². The number of phenolic OH excluding ortho intramolecular Hbond substituents is 1. The Bertz CT molecular complexity index is 1110. The molecule has 33 heavy (non-hydrogen) atoms. The van der Waals surface area contributed by atoms with Gasteiger partial charge in [-0.2, -0.15) is 0 Å². The Hall–Kier alpha value is -3.54. The van der Waals surface area contributed by atoms with E-state index in [2.05, 4.69) is 5.32 Å². The van der Waals surface area contributed by atoms with Gasteiger partial charge in [-0.25, -0.2) is 0 Å². The van der Waals surface area contributed by atoms with Crippen LogP contribution in [-0.2, 0) is 11.3 Å². The average molecular weight is 447 g/mol. The molecule has 1 fully saturated rings. The van der Waals surface area contributed by atoms with E-state index in [0.717, 1.165) is 36.1 Å². The molecule has 172 valence electrons. The van der Waals surface area contributed by atoms with Crippen molar-refractivity contribution in [3.05, 3.63) is 83.3 Å². The normalized spacial score (nSPS) is 15.1. The number of benzene rings is 2. The number of amides is 2. The van der Waals surface area contributed by atoms with Crippen LogP contribution in [-0.4, -0.2) is 27.4 Å². The summed E-state index contributed by atoms with van der Waals surface area (Å²) in [6, 6.07) is 15.9. The van der Waals surface area contributed by atoms with E-state index in [9.17, 15) is 14.7 Å². The molecule has 1 aromatic heterocycles. The molecule has 2 N–H and O–H groups in total. The number of hydrogen-bond acceptors (Lipinski definition) is 4. The zero-order chi connectivity index (χ0) is 23.4. The van der Waals surface area contributed by atoms with Crippen LogP contribution in [0.3, 0.4) is 0 Å². The van der Waals surface area contributed by atoms with Crippen LogP contribution in [0, 0.1) is 13.8 Å². The van der Waals surface area contributed by atoms with E-state index in [1.165, 1.54) is 6.07 Å². The molecule has 0 aliphatic heterocycles. The van der Waals surface area contributed by atoms with E-state index in [-0.39, 0.29) is 29.7 Å². The van der Waals surface area contributed by atoms with E-state index in [1.807, 2.05) is 32.0 Å². The zero-order valence-electron chi connectivity index (χ0n) is 19.1. The monoisotopic (exact) mass is 446 g/mol. The highest BCUT2D eigenvalue weighted by Crippen LogP contribution is 2.38. The van der Waals surface area contributed by atoms with E-state index in [1.54, 1.807) is 41.5 Å². The van der Waals surface area contributed by atoms with Crippen molar-refractivity contribution >= 4 is 17.5 Å². The van der Waals surface area contributed by atoms with Crippen LogP contribution in [0.1, 0.15) is 59.3 Å². The van der Waals surface area contributed by atoms with Crippen molar-refractivity contribution in [2.24, 2.45) is 0 Å². The molecule has 2 amide bonds.